The van der Waals surface area contributed by atoms with Gasteiger partial charge in [-0.25, -0.2) is 0 Å². The summed E-state index contributed by atoms with van der Waals surface area (Å²) in [5.41, 5.74) is -0.398. The Morgan fingerprint density at radius 2 is 2.41 bits per heavy atom. The molecule has 0 bridgehead atoms. The second kappa shape index (κ2) is 5.39. The Morgan fingerprint density at radius 3 is 2.94 bits per heavy atom. The Bertz CT molecular complexity index is 379. The number of methoxy groups -OCH3 is 1. The van der Waals surface area contributed by atoms with E-state index >= 15 is 0 Å². The Kier molecular flexibility index (Phi) is 4.29. The molecule has 96 valence electrons. The molecule has 2 rings (SSSR count). The minimum atomic E-state index is -0.523. The maximum absolute atomic E-state index is 10.6. The van der Waals surface area contributed by atoms with Gasteiger partial charge in [0.15, 0.2) is 0 Å². The number of aliphatic hydroxyl groups excluding tert-OH is 1. The minimum Gasteiger partial charge on any atom is -0.384 e. The fraction of sp³-hybridized carbons (Fsp3) is 0.692. The van der Waals surface area contributed by atoms with Gasteiger partial charge in [-0.3, -0.25) is 0 Å². The molecule has 0 saturated heterocycles. The molecule has 0 aliphatic heterocycles. The Hall–Kier alpha value is 0.100. The highest BCUT2D eigenvalue weighted by Gasteiger charge is 2.43. The standard InChI is InChI=1S/C13H19BrO2S/c1-9-4-3-6-13(8-9,16-2)12(15)11-10(14)5-7-17-11/h5,7,9,12,15H,3-4,6,8H2,1-2H3. The molecule has 1 heterocycles. The molecular weight excluding hydrogens is 300 g/mol. The van der Waals surface area contributed by atoms with Crippen molar-refractivity contribution in [1.29, 1.82) is 0 Å². The van der Waals surface area contributed by atoms with Crippen molar-refractivity contribution in [2.75, 3.05) is 7.11 Å². The normalized spacial score (nSPS) is 31.4. The Balaban J connectivity index is 2.26. The zero-order valence-corrected chi connectivity index (χ0v) is 12.7. The lowest BCUT2D eigenvalue weighted by atomic mass is 9.75. The van der Waals surface area contributed by atoms with Crippen LogP contribution in [0.15, 0.2) is 15.9 Å². The van der Waals surface area contributed by atoms with Crippen LogP contribution in [0.1, 0.15) is 43.6 Å². The molecule has 3 atom stereocenters. The molecule has 3 unspecified atom stereocenters. The second-order valence-electron chi connectivity index (χ2n) is 5.01. The van der Waals surface area contributed by atoms with Crippen LogP contribution in [-0.4, -0.2) is 17.8 Å². The number of ether oxygens (including phenoxy) is 1. The fourth-order valence-electron chi connectivity index (χ4n) is 2.83. The van der Waals surface area contributed by atoms with Gasteiger partial charge in [-0.2, -0.15) is 0 Å². The van der Waals surface area contributed by atoms with Crippen LogP contribution in [-0.2, 0) is 4.74 Å². The first-order chi connectivity index (χ1) is 8.09. The topological polar surface area (TPSA) is 29.5 Å². The molecule has 17 heavy (non-hydrogen) atoms. The largest absolute Gasteiger partial charge is 0.384 e. The van der Waals surface area contributed by atoms with Crippen LogP contribution in [0.25, 0.3) is 0 Å². The molecule has 0 amide bonds. The van der Waals surface area contributed by atoms with E-state index in [-0.39, 0.29) is 0 Å². The van der Waals surface area contributed by atoms with Gasteiger partial charge in [0.2, 0.25) is 0 Å². The van der Waals surface area contributed by atoms with Crippen LogP contribution in [0.5, 0.6) is 0 Å². The maximum Gasteiger partial charge on any atom is 0.118 e. The van der Waals surface area contributed by atoms with Crippen LogP contribution in [0, 0.1) is 5.92 Å². The summed E-state index contributed by atoms with van der Waals surface area (Å²) in [6.07, 6.45) is 3.73. The van der Waals surface area contributed by atoms with Gasteiger partial charge in [-0.1, -0.05) is 19.8 Å². The van der Waals surface area contributed by atoms with Crippen molar-refractivity contribution in [3.05, 3.63) is 20.8 Å². The first kappa shape index (κ1) is 13.5. The average Bonchev–Trinajstić information content (AvgIpc) is 2.74. The van der Waals surface area contributed by atoms with Crippen LogP contribution in [0.4, 0.5) is 0 Å². The number of hydrogen-bond donors (Lipinski definition) is 1. The van der Waals surface area contributed by atoms with E-state index in [1.165, 1.54) is 6.42 Å². The molecule has 2 nitrogen and oxygen atoms in total. The predicted octanol–water partition coefficient (Wildman–Crippen LogP) is 4.14. The monoisotopic (exact) mass is 318 g/mol. The van der Waals surface area contributed by atoms with E-state index in [9.17, 15) is 5.11 Å². The van der Waals surface area contributed by atoms with Crippen molar-refractivity contribution in [3.8, 4) is 0 Å². The van der Waals surface area contributed by atoms with E-state index in [2.05, 4.69) is 22.9 Å². The molecule has 0 spiro atoms. The summed E-state index contributed by atoms with van der Waals surface area (Å²) in [4.78, 5) is 0.987. The van der Waals surface area contributed by atoms with Gasteiger partial charge in [-0.05, 0) is 46.1 Å². The highest BCUT2D eigenvalue weighted by Crippen LogP contribution is 2.46. The summed E-state index contributed by atoms with van der Waals surface area (Å²) in [6.45, 7) is 2.24. The quantitative estimate of drug-likeness (QED) is 0.907. The summed E-state index contributed by atoms with van der Waals surface area (Å²) >= 11 is 5.09. The zero-order chi connectivity index (χ0) is 12.5. The fourth-order valence-corrected chi connectivity index (χ4v) is 4.51. The van der Waals surface area contributed by atoms with E-state index in [1.807, 2.05) is 11.4 Å². The van der Waals surface area contributed by atoms with Gasteiger partial charge in [0.05, 0.1) is 10.5 Å². The first-order valence-electron chi connectivity index (χ1n) is 6.05. The molecular formula is C13H19BrO2S. The SMILES string of the molecule is COC1(C(O)c2sccc2Br)CCCC(C)C1. The summed E-state index contributed by atoms with van der Waals surface area (Å²) in [6, 6.07) is 1.98. The predicted molar refractivity (Wildman–Crippen MR) is 74.4 cm³/mol. The molecule has 1 saturated carbocycles. The third-order valence-corrected chi connectivity index (χ3v) is 5.71. The lowest BCUT2D eigenvalue weighted by Crippen LogP contribution is -2.42. The lowest BCUT2D eigenvalue weighted by molar-refractivity contribution is -0.133. The van der Waals surface area contributed by atoms with E-state index in [1.54, 1.807) is 18.4 Å². The zero-order valence-electron chi connectivity index (χ0n) is 10.3. The van der Waals surface area contributed by atoms with Crippen molar-refractivity contribution < 1.29 is 9.84 Å². The van der Waals surface area contributed by atoms with Crippen LogP contribution in [0.2, 0.25) is 0 Å². The van der Waals surface area contributed by atoms with E-state index < -0.39 is 11.7 Å². The minimum absolute atomic E-state index is 0.398. The van der Waals surface area contributed by atoms with Gasteiger partial charge >= 0.3 is 0 Å². The third-order valence-electron chi connectivity index (χ3n) is 3.79. The van der Waals surface area contributed by atoms with Crippen molar-refractivity contribution >= 4 is 27.3 Å². The Labute approximate surface area is 115 Å². The number of rotatable bonds is 3. The molecule has 1 aliphatic carbocycles. The molecule has 1 aromatic rings. The molecule has 1 aromatic heterocycles. The van der Waals surface area contributed by atoms with Gasteiger partial charge in [0.1, 0.15) is 6.10 Å². The summed E-state index contributed by atoms with van der Waals surface area (Å²) in [7, 11) is 1.72. The van der Waals surface area contributed by atoms with Gasteiger partial charge < -0.3 is 9.84 Å². The van der Waals surface area contributed by atoms with Crippen LogP contribution < -0.4 is 0 Å². The van der Waals surface area contributed by atoms with Crippen LogP contribution in [0.3, 0.4) is 0 Å². The van der Waals surface area contributed by atoms with Crippen LogP contribution >= 0.6 is 27.3 Å². The lowest BCUT2D eigenvalue weighted by Gasteiger charge is -2.42. The molecule has 1 aliphatic rings. The summed E-state index contributed by atoms with van der Waals surface area (Å²) in [5.74, 6) is 0.622. The van der Waals surface area contributed by atoms with Crippen molar-refractivity contribution in [2.24, 2.45) is 5.92 Å². The van der Waals surface area contributed by atoms with Crippen molar-refractivity contribution in [1.82, 2.24) is 0 Å². The summed E-state index contributed by atoms with van der Waals surface area (Å²) < 4.78 is 6.72. The third kappa shape index (κ3) is 2.60. The molecule has 4 heteroatoms. The van der Waals surface area contributed by atoms with Gasteiger partial charge in [0.25, 0.3) is 0 Å². The number of thiophene rings is 1. The molecule has 0 aromatic carbocycles. The highest BCUT2D eigenvalue weighted by atomic mass is 79.9. The number of hydrogen-bond acceptors (Lipinski definition) is 3. The smallest absolute Gasteiger partial charge is 0.118 e. The Morgan fingerprint density at radius 1 is 1.65 bits per heavy atom. The number of aliphatic hydroxyl groups is 1. The highest BCUT2D eigenvalue weighted by molar-refractivity contribution is 9.10. The molecule has 0 radical (unpaired) electrons. The van der Waals surface area contributed by atoms with E-state index in [0.29, 0.717) is 5.92 Å². The summed E-state index contributed by atoms with van der Waals surface area (Å²) in [5, 5.41) is 12.6. The van der Waals surface area contributed by atoms with E-state index in [4.69, 9.17) is 4.74 Å². The van der Waals surface area contributed by atoms with Gasteiger partial charge in [-0.15, -0.1) is 11.3 Å². The second-order valence-corrected chi connectivity index (χ2v) is 6.81. The first-order valence-corrected chi connectivity index (χ1v) is 7.72. The molecule has 1 fully saturated rings. The maximum atomic E-state index is 10.6. The van der Waals surface area contributed by atoms with Crippen molar-refractivity contribution in [2.45, 2.75) is 44.3 Å². The van der Waals surface area contributed by atoms with E-state index in [0.717, 1.165) is 28.6 Å². The van der Waals surface area contributed by atoms with Gasteiger partial charge in [0, 0.05) is 11.6 Å². The van der Waals surface area contributed by atoms with Crippen molar-refractivity contribution in [3.63, 3.8) is 0 Å². The number of halogens is 1. The molecule has 1 N–H and O–H groups in total. The average molecular weight is 319 g/mol.